The quantitative estimate of drug-likeness (QED) is 0.364. The predicted molar refractivity (Wildman–Crippen MR) is 116 cm³/mol. The van der Waals surface area contributed by atoms with E-state index in [1.165, 1.54) is 18.2 Å². The maximum absolute atomic E-state index is 13.8. The standard InChI is InChI=1S/C26H19FO3/c1-2-22(26(28)29)18-10-13-21(14-11-18)30-25-23-9-4-3-6-17(23)12-15-24(25)19-7-5-8-20(27)16-19/h2-16,22H,1H2,(H,28,29). The highest BCUT2D eigenvalue weighted by molar-refractivity contribution is 5.95. The molecule has 0 amide bonds. The van der Waals surface area contributed by atoms with Crippen molar-refractivity contribution >= 4 is 16.7 Å². The Morgan fingerprint density at radius 1 is 0.967 bits per heavy atom. The number of carboxylic acids is 1. The highest BCUT2D eigenvalue weighted by Gasteiger charge is 2.17. The molecule has 0 bridgehead atoms. The van der Waals surface area contributed by atoms with E-state index in [2.05, 4.69) is 6.58 Å². The average molecular weight is 398 g/mol. The number of carbonyl (C=O) groups is 1. The minimum Gasteiger partial charge on any atom is -0.481 e. The molecule has 0 aliphatic rings. The highest BCUT2D eigenvalue weighted by atomic mass is 19.1. The molecule has 1 N–H and O–H groups in total. The Kier molecular flexibility index (Phi) is 5.31. The van der Waals surface area contributed by atoms with Crippen molar-refractivity contribution in [2.24, 2.45) is 0 Å². The van der Waals surface area contributed by atoms with E-state index in [1.807, 2.05) is 42.5 Å². The Hall–Kier alpha value is -3.92. The van der Waals surface area contributed by atoms with Crippen molar-refractivity contribution < 1.29 is 19.0 Å². The zero-order valence-electron chi connectivity index (χ0n) is 16.1. The van der Waals surface area contributed by atoms with E-state index in [4.69, 9.17) is 4.74 Å². The Bertz CT molecular complexity index is 1230. The summed E-state index contributed by atoms with van der Waals surface area (Å²) in [6, 6.07) is 25.0. The summed E-state index contributed by atoms with van der Waals surface area (Å²) in [5.74, 6) is -0.883. The van der Waals surface area contributed by atoms with E-state index in [0.29, 0.717) is 22.6 Å². The zero-order chi connectivity index (χ0) is 21.1. The van der Waals surface area contributed by atoms with Crippen LogP contribution < -0.4 is 4.74 Å². The molecular weight excluding hydrogens is 379 g/mol. The van der Waals surface area contributed by atoms with Gasteiger partial charge in [0.15, 0.2) is 0 Å². The number of aliphatic carboxylic acids is 1. The van der Waals surface area contributed by atoms with Gasteiger partial charge in [-0.25, -0.2) is 4.39 Å². The van der Waals surface area contributed by atoms with Crippen LogP contribution in [0.4, 0.5) is 4.39 Å². The van der Waals surface area contributed by atoms with Crippen LogP contribution in [-0.4, -0.2) is 11.1 Å². The molecule has 0 aliphatic heterocycles. The van der Waals surface area contributed by atoms with Gasteiger partial charge in [0, 0.05) is 10.9 Å². The van der Waals surface area contributed by atoms with Gasteiger partial charge >= 0.3 is 5.97 Å². The van der Waals surface area contributed by atoms with Crippen molar-refractivity contribution in [3.63, 3.8) is 0 Å². The number of halogens is 1. The summed E-state index contributed by atoms with van der Waals surface area (Å²) >= 11 is 0. The maximum atomic E-state index is 13.8. The van der Waals surface area contributed by atoms with Crippen LogP contribution in [-0.2, 0) is 4.79 Å². The number of fused-ring (bicyclic) bond motifs is 1. The van der Waals surface area contributed by atoms with Gasteiger partial charge in [0.05, 0.1) is 5.92 Å². The van der Waals surface area contributed by atoms with Crippen LogP contribution in [0.5, 0.6) is 11.5 Å². The second kappa shape index (κ2) is 8.21. The van der Waals surface area contributed by atoms with Gasteiger partial charge in [-0.05, 0) is 46.8 Å². The minimum atomic E-state index is -0.957. The molecule has 4 aromatic carbocycles. The van der Waals surface area contributed by atoms with Crippen LogP contribution in [0.3, 0.4) is 0 Å². The van der Waals surface area contributed by atoms with Crippen molar-refractivity contribution in [2.45, 2.75) is 5.92 Å². The molecule has 0 spiro atoms. The Balaban J connectivity index is 1.79. The summed E-state index contributed by atoms with van der Waals surface area (Å²) < 4.78 is 20.1. The molecule has 0 saturated carbocycles. The molecule has 0 heterocycles. The molecule has 0 aliphatic carbocycles. The smallest absolute Gasteiger partial charge is 0.314 e. The molecule has 1 unspecified atom stereocenters. The van der Waals surface area contributed by atoms with Crippen molar-refractivity contribution in [2.75, 3.05) is 0 Å². The van der Waals surface area contributed by atoms with Crippen LogP contribution in [0.15, 0.2) is 97.6 Å². The lowest BCUT2D eigenvalue weighted by molar-refractivity contribution is -0.137. The van der Waals surface area contributed by atoms with E-state index in [-0.39, 0.29) is 5.82 Å². The monoisotopic (exact) mass is 398 g/mol. The van der Waals surface area contributed by atoms with Crippen LogP contribution in [0, 0.1) is 5.82 Å². The molecular formula is C26H19FO3. The second-order valence-corrected chi connectivity index (χ2v) is 6.90. The fraction of sp³-hybridized carbons (Fsp3) is 0.0385. The van der Waals surface area contributed by atoms with Crippen molar-refractivity contribution in [3.05, 3.63) is 109 Å². The van der Waals surface area contributed by atoms with Gasteiger partial charge in [0.25, 0.3) is 0 Å². The summed E-state index contributed by atoms with van der Waals surface area (Å²) in [6.45, 7) is 3.59. The summed E-state index contributed by atoms with van der Waals surface area (Å²) in [5.41, 5.74) is 2.10. The molecule has 30 heavy (non-hydrogen) atoms. The maximum Gasteiger partial charge on any atom is 0.314 e. The SMILES string of the molecule is C=CC(C(=O)O)c1ccc(Oc2c(-c3cccc(F)c3)ccc3ccccc23)cc1. The molecule has 4 heteroatoms. The third-order valence-electron chi connectivity index (χ3n) is 4.98. The molecule has 4 aromatic rings. The highest BCUT2D eigenvalue weighted by Crippen LogP contribution is 2.40. The lowest BCUT2D eigenvalue weighted by atomic mass is 9.99. The molecule has 0 saturated heterocycles. The van der Waals surface area contributed by atoms with Crippen LogP contribution in [0.1, 0.15) is 11.5 Å². The zero-order valence-corrected chi connectivity index (χ0v) is 16.1. The second-order valence-electron chi connectivity index (χ2n) is 6.90. The molecule has 1 atom stereocenters. The van der Waals surface area contributed by atoms with Crippen LogP contribution >= 0.6 is 0 Å². The number of hydrogen-bond acceptors (Lipinski definition) is 2. The normalized spacial score (nSPS) is 11.8. The third kappa shape index (κ3) is 3.80. The van der Waals surface area contributed by atoms with E-state index < -0.39 is 11.9 Å². The van der Waals surface area contributed by atoms with E-state index >= 15 is 0 Å². The Labute approximate surface area is 173 Å². The Morgan fingerprint density at radius 3 is 2.43 bits per heavy atom. The molecule has 0 aromatic heterocycles. The number of benzene rings is 4. The van der Waals surface area contributed by atoms with Gasteiger partial charge in [0.1, 0.15) is 17.3 Å². The number of rotatable bonds is 6. The molecule has 3 nitrogen and oxygen atoms in total. The molecule has 0 radical (unpaired) electrons. The summed E-state index contributed by atoms with van der Waals surface area (Å²) in [7, 11) is 0. The van der Waals surface area contributed by atoms with Gasteiger partial charge < -0.3 is 9.84 Å². The van der Waals surface area contributed by atoms with Gasteiger partial charge in [-0.3, -0.25) is 4.79 Å². The fourth-order valence-electron chi connectivity index (χ4n) is 3.48. The fourth-order valence-corrected chi connectivity index (χ4v) is 3.48. The molecule has 4 rings (SSSR count). The van der Waals surface area contributed by atoms with Gasteiger partial charge in [-0.2, -0.15) is 0 Å². The average Bonchev–Trinajstić information content (AvgIpc) is 2.75. The van der Waals surface area contributed by atoms with Crippen molar-refractivity contribution in [1.82, 2.24) is 0 Å². The van der Waals surface area contributed by atoms with Gasteiger partial charge in [0.2, 0.25) is 0 Å². The Morgan fingerprint density at radius 2 is 1.73 bits per heavy atom. The van der Waals surface area contributed by atoms with E-state index in [0.717, 1.165) is 16.3 Å². The van der Waals surface area contributed by atoms with Gasteiger partial charge in [-0.1, -0.05) is 60.7 Å². The summed E-state index contributed by atoms with van der Waals surface area (Å²) in [6.07, 6.45) is 1.39. The first-order chi connectivity index (χ1) is 14.6. The first-order valence-electron chi connectivity index (χ1n) is 9.47. The lowest BCUT2D eigenvalue weighted by Gasteiger charge is -2.15. The number of carboxylic acid groups (broad SMARTS) is 1. The first kappa shape index (κ1) is 19.4. The number of hydrogen-bond donors (Lipinski definition) is 1. The van der Waals surface area contributed by atoms with E-state index in [9.17, 15) is 14.3 Å². The van der Waals surface area contributed by atoms with E-state index in [1.54, 1.807) is 30.3 Å². The minimum absolute atomic E-state index is 0.319. The lowest BCUT2D eigenvalue weighted by Crippen LogP contribution is -2.08. The number of ether oxygens (including phenoxy) is 1. The predicted octanol–water partition coefficient (Wildman–Crippen LogP) is 6.79. The topological polar surface area (TPSA) is 46.5 Å². The molecule has 0 fully saturated rings. The van der Waals surface area contributed by atoms with Gasteiger partial charge in [-0.15, -0.1) is 6.58 Å². The van der Waals surface area contributed by atoms with Crippen LogP contribution in [0.2, 0.25) is 0 Å². The summed E-state index contributed by atoms with van der Waals surface area (Å²) in [5, 5.41) is 11.2. The van der Waals surface area contributed by atoms with Crippen molar-refractivity contribution in [1.29, 1.82) is 0 Å². The van der Waals surface area contributed by atoms with Crippen LogP contribution in [0.25, 0.3) is 21.9 Å². The third-order valence-corrected chi connectivity index (χ3v) is 4.98. The largest absolute Gasteiger partial charge is 0.481 e. The molecule has 148 valence electrons. The van der Waals surface area contributed by atoms with Crippen molar-refractivity contribution in [3.8, 4) is 22.6 Å². The summed E-state index contributed by atoms with van der Waals surface area (Å²) in [4.78, 5) is 11.3. The first-order valence-corrected chi connectivity index (χ1v) is 9.47.